The van der Waals surface area contributed by atoms with Gasteiger partial charge in [-0.3, -0.25) is 9.59 Å². The molecule has 0 radical (unpaired) electrons. The number of amides is 2. The van der Waals surface area contributed by atoms with Crippen molar-refractivity contribution >= 4 is 34.5 Å². The second kappa shape index (κ2) is 9.37. The van der Waals surface area contributed by atoms with Gasteiger partial charge in [-0.15, -0.1) is 11.3 Å². The van der Waals surface area contributed by atoms with E-state index in [1.165, 1.54) is 10.9 Å². The fourth-order valence-electron chi connectivity index (χ4n) is 3.36. The number of halogens is 1. The van der Waals surface area contributed by atoms with E-state index in [1.54, 1.807) is 23.5 Å². The maximum Gasteiger partial charge on any atom is 0.313 e. The van der Waals surface area contributed by atoms with Crippen LogP contribution in [0.2, 0.25) is 0 Å². The highest BCUT2D eigenvalue weighted by Crippen LogP contribution is 2.26. The van der Waals surface area contributed by atoms with Gasteiger partial charge in [0.05, 0.1) is 24.4 Å². The van der Waals surface area contributed by atoms with Crippen LogP contribution in [0, 0.1) is 5.82 Å². The number of benzene rings is 1. The monoisotopic (exact) mass is 419 g/mol. The Hall–Kier alpha value is -2.45. The molecule has 6 nitrogen and oxygen atoms in total. The van der Waals surface area contributed by atoms with Gasteiger partial charge in [-0.1, -0.05) is 6.92 Å². The summed E-state index contributed by atoms with van der Waals surface area (Å²) in [5, 5.41) is 5.04. The Morgan fingerprint density at radius 2 is 1.83 bits per heavy atom. The van der Waals surface area contributed by atoms with Gasteiger partial charge in [-0.25, -0.2) is 4.39 Å². The summed E-state index contributed by atoms with van der Waals surface area (Å²) in [6.45, 7) is 7.44. The number of carbonyl (C=O) groups is 2. The summed E-state index contributed by atoms with van der Waals surface area (Å²) in [6.07, 6.45) is 0.957. The molecule has 29 heavy (non-hydrogen) atoms. The molecule has 0 aliphatic carbocycles. The molecule has 2 heterocycles. The molecular weight excluding hydrogens is 393 g/mol. The highest BCUT2D eigenvalue weighted by atomic mass is 32.1. The van der Waals surface area contributed by atoms with Crippen molar-refractivity contribution in [1.82, 2.24) is 5.32 Å². The molecule has 1 saturated heterocycles. The topological polar surface area (TPSA) is 70.7 Å². The summed E-state index contributed by atoms with van der Waals surface area (Å²) in [5.41, 5.74) is 0.698. The minimum Gasteiger partial charge on any atom is -0.372 e. The summed E-state index contributed by atoms with van der Waals surface area (Å²) >= 11 is 1.60. The van der Waals surface area contributed by atoms with E-state index >= 15 is 0 Å². The molecule has 0 spiro atoms. The summed E-state index contributed by atoms with van der Waals surface area (Å²) < 4.78 is 20.3. The fourth-order valence-corrected chi connectivity index (χ4v) is 4.26. The van der Waals surface area contributed by atoms with Crippen LogP contribution in [-0.4, -0.2) is 37.1 Å². The van der Waals surface area contributed by atoms with E-state index in [1.807, 2.05) is 30.9 Å². The first kappa shape index (κ1) is 21.3. The first-order valence-electron chi connectivity index (χ1n) is 9.72. The van der Waals surface area contributed by atoms with Crippen LogP contribution in [0.5, 0.6) is 0 Å². The highest BCUT2D eigenvalue weighted by molar-refractivity contribution is 7.11. The van der Waals surface area contributed by atoms with Crippen LogP contribution >= 0.6 is 11.3 Å². The standard InChI is InChI=1S/C21H26FN3O3S/c1-4-16-6-7-17(29-16)10-23-20(26)21(27)24-15-5-8-19(18(22)9-15)25-11-13(2)28-14(3)12-25/h5-9,13-14H,4,10-12H2,1-3H3,(H,23,26)(H,24,27). The number of carbonyl (C=O) groups excluding carboxylic acids is 2. The minimum absolute atomic E-state index is 0.0120. The van der Waals surface area contributed by atoms with Crippen LogP contribution < -0.4 is 15.5 Å². The van der Waals surface area contributed by atoms with Crippen molar-refractivity contribution in [2.45, 2.75) is 45.9 Å². The lowest BCUT2D eigenvalue weighted by Gasteiger charge is -2.37. The van der Waals surface area contributed by atoms with Gasteiger partial charge in [0.25, 0.3) is 0 Å². The van der Waals surface area contributed by atoms with Crippen molar-refractivity contribution in [3.8, 4) is 0 Å². The Labute approximate surface area is 174 Å². The van der Waals surface area contributed by atoms with Crippen molar-refractivity contribution in [2.24, 2.45) is 0 Å². The number of anilines is 2. The molecular formula is C21H26FN3O3S. The van der Waals surface area contributed by atoms with Crippen LogP contribution in [0.15, 0.2) is 30.3 Å². The molecule has 2 atom stereocenters. The molecule has 1 aliphatic heterocycles. The molecule has 0 saturated carbocycles. The zero-order chi connectivity index (χ0) is 21.0. The van der Waals surface area contributed by atoms with Crippen LogP contribution in [0.25, 0.3) is 0 Å². The fraction of sp³-hybridized carbons (Fsp3) is 0.429. The number of thiophene rings is 1. The van der Waals surface area contributed by atoms with Crippen molar-refractivity contribution < 1.29 is 18.7 Å². The molecule has 3 rings (SSSR count). The number of morpholine rings is 1. The zero-order valence-corrected chi connectivity index (χ0v) is 17.6. The Kier molecular flexibility index (Phi) is 6.87. The lowest BCUT2D eigenvalue weighted by molar-refractivity contribution is -0.136. The van der Waals surface area contributed by atoms with Gasteiger partial charge < -0.3 is 20.3 Å². The van der Waals surface area contributed by atoms with E-state index in [0.717, 1.165) is 11.3 Å². The third-order valence-corrected chi connectivity index (χ3v) is 5.89. The van der Waals surface area contributed by atoms with E-state index in [2.05, 4.69) is 17.6 Å². The van der Waals surface area contributed by atoms with Gasteiger partial charge in [0, 0.05) is 28.5 Å². The second-order valence-corrected chi connectivity index (χ2v) is 8.44. The molecule has 2 amide bonds. The Morgan fingerprint density at radius 1 is 1.14 bits per heavy atom. The molecule has 2 N–H and O–H groups in total. The molecule has 1 aromatic heterocycles. The van der Waals surface area contributed by atoms with E-state index in [0.29, 0.717) is 18.8 Å². The smallest absolute Gasteiger partial charge is 0.313 e. The van der Waals surface area contributed by atoms with Gasteiger partial charge in [0.1, 0.15) is 5.82 Å². The SMILES string of the molecule is CCc1ccc(CNC(=O)C(=O)Nc2ccc(N3CC(C)OC(C)C3)c(F)c2)s1. The third-order valence-electron chi connectivity index (χ3n) is 4.66. The third kappa shape index (κ3) is 5.55. The van der Waals surface area contributed by atoms with E-state index in [9.17, 15) is 14.0 Å². The van der Waals surface area contributed by atoms with Crippen LogP contribution in [0.1, 0.15) is 30.5 Å². The predicted molar refractivity (Wildman–Crippen MR) is 113 cm³/mol. The zero-order valence-electron chi connectivity index (χ0n) is 16.8. The summed E-state index contributed by atoms with van der Waals surface area (Å²) in [7, 11) is 0. The van der Waals surface area contributed by atoms with Crippen LogP contribution in [0.3, 0.4) is 0 Å². The van der Waals surface area contributed by atoms with Gasteiger partial charge in [0.2, 0.25) is 0 Å². The maximum absolute atomic E-state index is 14.6. The minimum atomic E-state index is -0.821. The first-order valence-corrected chi connectivity index (χ1v) is 10.5. The number of hydrogen-bond donors (Lipinski definition) is 2. The van der Waals surface area contributed by atoms with Crippen LogP contribution in [0.4, 0.5) is 15.8 Å². The summed E-state index contributed by atoms with van der Waals surface area (Å²) in [5.74, 6) is -2.02. The van der Waals surface area contributed by atoms with Crippen LogP contribution in [-0.2, 0) is 27.3 Å². The van der Waals surface area contributed by atoms with Crippen molar-refractivity contribution in [2.75, 3.05) is 23.3 Å². The average molecular weight is 420 g/mol. The van der Waals surface area contributed by atoms with Crippen molar-refractivity contribution in [1.29, 1.82) is 0 Å². The first-order chi connectivity index (χ1) is 13.9. The molecule has 1 aliphatic rings. The number of nitrogens with one attached hydrogen (secondary N) is 2. The summed E-state index contributed by atoms with van der Waals surface area (Å²) in [4.78, 5) is 28.3. The Balaban J connectivity index is 1.57. The normalized spacial score (nSPS) is 19.1. The Morgan fingerprint density at radius 3 is 2.45 bits per heavy atom. The number of aryl methyl sites for hydroxylation is 1. The van der Waals surface area contributed by atoms with E-state index < -0.39 is 17.6 Å². The van der Waals surface area contributed by atoms with Gasteiger partial charge >= 0.3 is 11.8 Å². The molecule has 0 bridgehead atoms. The number of rotatable bonds is 5. The van der Waals surface area contributed by atoms with Crippen molar-refractivity contribution in [3.05, 3.63) is 45.9 Å². The lowest BCUT2D eigenvalue weighted by Crippen LogP contribution is -2.45. The quantitative estimate of drug-likeness (QED) is 0.730. The molecule has 156 valence electrons. The molecule has 1 fully saturated rings. The van der Waals surface area contributed by atoms with Crippen molar-refractivity contribution in [3.63, 3.8) is 0 Å². The van der Waals surface area contributed by atoms with Gasteiger partial charge in [-0.05, 0) is 50.6 Å². The second-order valence-electron chi connectivity index (χ2n) is 7.19. The maximum atomic E-state index is 14.6. The summed E-state index contributed by atoms with van der Waals surface area (Å²) in [6, 6.07) is 8.39. The molecule has 8 heteroatoms. The number of nitrogens with zero attached hydrogens (tertiary/aromatic N) is 1. The van der Waals surface area contributed by atoms with E-state index in [4.69, 9.17) is 4.74 Å². The molecule has 1 aromatic carbocycles. The lowest BCUT2D eigenvalue weighted by atomic mass is 10.2. The molecule has 2 unspecified atom stereocenters. The predicted octanol–water partition coefficient (Wildman–Crippen LogP) is 3.32. The Bertz CT molecular complexity index is 876. The highest BCUT2D eigenvalue weighted by Gasteiger charge is 2.24. The van der Waals surface area contributed by atoms with E-state index in [-0.39, 0.29) is 24.4 Å². The number of ether oxygens (including phenoxy) is 1. The molecule has 2 aromatic rings. The largest absolute Gasteiger partial charge is 0.372 e. The average Bonchev–Trinajstić information content (AvgIpc) is 3.13. The van der Waals surface area contributed by atoms with Gasteiger partial charge in [0.15, 0.2) is 0 Å². The number of hydrogen-bond acceptors (Lipinski definition) is 5. The van der Waals surface area contributed by atoms with Gasteiger partial charge in [-0.2, -0.15) is 0 Å².